The van der Waals surface area contributed by atoms with Crippen LogP contribution in [0, 0.1) is 0 Å². The predicted molar refractivity (Wildman–Crippen MR) is 89.7 cm³/mol. The highest BCUT2D eigenvalue weighted by molar-refractivity contribution is 7.89. The molecule has 1 N–H and O–H groups in total. The van der Waals surface area contributed by atoms with Gasteiger partial charge in [-0.1, -0.05) is 18.2 Å². The first kappa shape index (κ1) is 15.9. The monoisotopic (exact) mass is 350 g/mol. The van der Waals surface area contributed by atoms with E-state index in [0.717, 1.165) is 16.7 Å². The van der Waals surface area contributed by atoms with Crippen LogP contribution in [0.5, 0.6) is 0 Å². The van der Waals surface area contributed by atoms with E-state index in [-0.39, 0.29) is 17.6 Å². The molecule has 23 heavy (non-hydrogen) atoms. The van der Waals surface area contributed by atoms with Crippen molar-refractivity contribution < 1.29 is 8.42 Å². The lowest BCUT2D eigenvalue weighted by molar-refractivity contribution is 0.582. The normalized spacial score (nSPS) is 11.9. The summed E-state index contributed by atoms with van der Waals surface area (Å²) in [5.41, 5.74) is 3.33. The quantitative estimate of drug-likeness (QED) is 0.767. The molecule has 0 saturated heterocycles. The van der Waals surface area contributed by atoms with Gasteiger partial charge in [-0.2, -0.15) is 4.98 Å². The Kier molecular flexibility index (Phi) is 4.34. The minimum Gasteiger partial charge on any atom is -0.219 e. The zero-order valence-corrected chi connectivity index (χ0v) is 14.0. The zero-order chi connectivity index (χ0) is 16.4. The van der Waals surface area contributed by atoms with Gasteiger partial charge in [-0.05, 0) is 47.9 Å². The fourth-order valence-electron chi connectivity index (χ4n) is 2.25. The maximum Gasteiger partial charge on any atom is 0.243 e. The number of hydrogen-bond acceptors (Lipinski definition) is 4. The number of nitrogens with zero attached hydrogens (tertiary/aromatic N) is 3. The van der Waals surface area contributed by atoms with Crippen LogP contribution >= 0.6 is 11.6 Å². The molecule has 0 fully saturated rings. The van der Waals surface area contributed by atoms with Gasteiger partial charge < -0.3 is 0 Å². The highest BCUT2D eigenvalue weighted by Crippen LogP contribution is 2.25. The van der Waals surface area contributed by atoms with E-state index in [9.17, 15) is 8.42 Å². The first-order chi connectivity index (χ1) is 11.0. The second kappa shape index (κ2) is 6.27. The van der Waals surface area contributed by atoms with Gasteiger partial charge in [0.2, 0.25) is 15.3 Å². The molecule has 6 nitrogen and oxygen atoms in total. The molecule has 8 heteroatoms. The van der Waals surface area contributed by atoms with E-state index in [4.69, 9.17) is 11.6 Å². The summed E-state index contributed by atoms with van der Waals surface area (Å²) >= 11 is 5.87. The smallest absolute Gasteiger partial charge is 0.219 e. The van der Waals surface area contributed by atoms with Crippen LogP contribution in [0.25, 0.3) is 16.8 Å². The molecule has 0 aliphatic heterocycles. The number of pyridine rings is 1. The predicted octanol–water partition coefficient (Wildman–Crippen LogP) is 2.49. The maximum atomic E-state index is 11.6. The van der Waals surface area contributed by atoms with E-state index in [1.807, 2.05) is 36.4 Å². The summed E-state index contributed by atoms with van der Waals surface area (Å²) in [4.78, 5) is 4.22. The van der Waals surface area contributed by atoms with Gasteiger partial charge in [0, 0.05) is 18.3 Å². The number of fused-ring (bicyclic) bond motifs is 1. The van der Waals surface area contributed by atoms with Crippen LogP contribution in [0.3, 0.4) is 0 Å². The molecule has 0 aliphatic carbocycles. The number of benzene rings is 1. The Morgan fingerprint density at radius 1 is 1.26 bits per heavy atom. The summed E-state index contributed by atoms with van der Waals surface area (Å²) < 4.78 is 27.3. The molecule has 0 radical (unpaired) electrons. The number of sulfonamides is 1. The molecule has 1 aromatic carbocycles. The first-order valence-corrected chi connectivity index (χ1v) is 9.09. The minimum absolute atomic E-state index is 0.0598. The van der Waals surface area contributed by atoms with Gasteiger partial charge in [-0.3, -0.25) is 0 Å². The van der Waals surface area contributed by atoms with Crippen LogP contribution in [0.1, 0.15) is 12.5 Å². The molecule has 0 aliphatic rings. The van der Waals surface area contributed by atoms with Crippen molar-refractivity contribution in [1.82, 2.24) is 19.3 Å². The number of hydrogen-bond donors (Lipinski definition) is 1. The van der Waals surface area contributed by atoms with Gasteiger partial charge in [0.1, 0.15) is 0 Å². The Bertz CT molecular complexity index is 953. The minimum atomic E-state index is -3.22. The molecular weight excluding hydrogens is 336 g/mol. The Hall–Kier alpha value is -1.96. The Morgan fingerprint density at radius 2 is 2.09 bits per heavy atom. The maximum absolute atomic E-state index is 11.6. The van der Waals surface area contributed by atoms with E-state index < -0.39 is 10.0 Å². The standard InChI is InChI=1S/C15H15ClN4O2S/c1-2-23(21,22)17-10-11-5-3-6-12(9-11)13-7-4-8-20-14(13)18-15(16)19-20/h3-9,17H,2,10H2,1H3. The SMILES string of the molecule is CCS(=O)(=O)NCc1cccc(-c2cccn3nc(Cl)nc23)c1. The van der Waals surface area contributed by atoms with Crippen LogP contribution in [0.2, 0.25) is 5.28 Å². The Labute approximate surface area is 139 Å². The third-order valence-electron chi connectivity index (χ3n) is 3.45. The van der Waals surface area contributed by atoms with Crippen molar-refractivity contribution in [2.24, 2.45) is 0 Å². The molecule has 0 atom stereocenters. The molecule has 120 valence electrons. The van der Waals surface area contributed by atoms with E-state index in [1.54, 1.807) is 17.6 Å². The molecule has 2 heterocycles. The molecule has 0 spiro atoms. The van der Waals surface area contributed by atoms with Crippen molar-refractivity contribution in [3.05, 3.63) is 53.4 Å². The summed E-state index contributed by atoms with van der Waals surface area (Å²) in [6, 6.07) is 11.4. The summed E-state index contributed by atoms with van der Waals surface area (Å²) in [6.45, 7) is 1.86. The fraction of sp³-hybridized carbons (Fsp3) is 0.200. The number of halogens is 1. The molecule has 2 aromatic heterocycles. The molecule has 0 saturated carbocycles. The molecule has 0 unspecified atom stereocenters. The zero-order valence-electron chi connectivity index (χ0n) is 12.4. The Balaban J connectivity index is 1.95. The molecule has 3 rings (SSSR count). The number of rotatable bonds is 5. The van der Waals surface area contributed by atoms with Crippen molar-refractivity contribution in [3.8, 4) is 11.1 Å². The summed E-state index contributed by atoms with van der Waals surface area (Å²) in [6.07, 6.45) is 1.77. The van der Waals surface area contributed by atoms with Crippen molar-refractivity contribution in [2.45, 2.75) is 13.5 Å². The molecule has 0 amide bonds. The topological polar surface area (TPSA) is 76.4 Å². The fourth-order valence-corrected chi connectivity index (χ4v) is 3.00. The van der Waals surface area contributed by atoms with Gasteiger partial charge in [0.05, 0.1) is 5.75 Å². The summed E-state index contributed by atoms with van der Waals surface area (Å²) in [5.74, 6) is 0.0598. The highest BCUT2D eigenvalue weighted by atomic mass is 35.5. The van der Waals surface area contributed by atoms with Crippen molar-refractivity contribution in [3.63, 3.8) is 0 Å². The van der Waals surface area contributed by atoms with Crippen LogP contribution < -0.4 is 4.72 Å². The average molecular weight is 351 g/mol. The average Bonchev–Trinajstić information content (AvgIpc) is 2.93. The molecular formula is C15H15ClN4O2S. The molecule has 3 aromatic rings. The van der Waals surface area contributed by atoms with Crippen molar-refractivity contribution in [2.75, 3.05) is 5.75 Å². The van der Waals surface area contributed by atoms with E-state index in [0.29, 0.717) is 5.65 Å². The van der Waals surface area contributed by atoms with E-state index in [2.05, 4.69) is 14.8 Å². The second-order valence-electron chi connectivity index (χ2n) is 5.00. The first-order valence-electron chi connectivity index (χ1n) is 7.06. The summed E-state index contributed by atoms with van der Waals surface area (Å²) in [5, 5.41) is 4.27. The van der Waals surface area contributed by atoms with Gasteiger partial charge in [0.25, 0.3) is 0 Å². The third-order valence-corrected chi connectivity index (χ3v) is 4.96. The van der Waals surface area contributed by atoms with Gasteiger partial charge in [-0.15, -0.1) is 5.10 Å². The molecule has 0 bridgehead atoms. The summed E-state index contributed by atoms with van der Waals surface area (Å²) in [7, 11) is -3.22. The second-order valence-corrected chi connectivity index (χ2v) is 7.43. The largest absolute Gasteiger partial charge is 0.243 e. The van der Waals surface area contributed by atoms with Crippen LogP contribution in [0.4, 0.5) is 0 Å². The van der Waals surface area contributed by atoms with Crippen LogP contribution in [-0.2, 0) is 16.6 Å². The number of nitrogens with one attached hydrogen (secondary N) is 1. The van der Waals surface area contributed by atoms with E-state index >= 15 is 0 Å². The van der Waals surface area contributed by atoms with Crippen molar-refractivity contribution >= 4 is 27.3 Å². The number of aromatic nitrogens is 3. The van der Waals surface area contributed by atoms with Gasteiger partial charge in [-0.25, -0.2) is 17.7 Å². The third kappa shape index (κ3) is 3.52. The van der Waals surface area contributed by atoms with Crippen LogP contribution in [-0.4, -0.2) is 28.8 Å². The lowest BCUT2D eigenvalue weighted by atomic mass is 10.0. The van der Waals surface area contributed by atoms with Gasteiger partial charge in [0.15, 0.2) is 5.65 Å². The lowest BCUT2D eigenvalue weighted by Crippen LogP contribution is -2.24. The van der Waals surface area contributed by atoms with Crippen LogP contribution in [0.15, 0.2) is 42.6 Å². The van der Waals surface area contributed by atoms with Gasteiger partial charge >= 0.3 is 0 Å². The lowest BCUT2D eigenvalue weighted by Gasteiger charge is -2.08. The highest BCUT2D eigenvalue weighted by Gasteiger charge is 2.10. The Morgan fingerprint density at radius 3 is 2.87 bits per heavy atom. The van der Waals surface area contributed by atoms with E-state index in [1.165, 1.54) is 0 Å². The van der Waals surface area contributed by atoms with Crippen molar-refractivity contribution in [1.29, 1.82) is 0 Å².